The van der Waals surface area contributed by atoms with E-state index in [2.05, 4.69) is 11.9 Å². The molecular weight excluding hydrogens is 270 g/mol. The summed E-state index contributed by atoms with van der Waals surface area (Å²) in [5.41, 5.74) is 7.88. The lowest BCUT2D eigenvalue weighted by Crippen LogP contribution is -1.96. The van der Waals surface area contributed by atoms with Gasteiger partial charge in [0.1, 0.15) is 5.82 Å². The Kier molecular flexibility index (Phi) is 5.72. The summed E-state index contributed by atoms with van der Waals surface area (Å²) in [7, 11) is 0. The largest absolute Gasteiger partial charge is 0.383 e. The number of unbranched alkanes of at least 4 members (excludes halogenated alkanes) is 6. The van der Waals surface area contributed by atoms with Crippen LogP contribution in [0.1, 0.15) is 57.6 Å². The Balaban J connectivity index is 1.84. The van der Waals surface area contributed by atoms with Gasteiger partial charge in [0.25, 0.3) is 0 Å². The standard InChI is InChI=1S/C16H24ClN3/c1-2-3-4-5-6-7-8-11-14-15(18)20-12-9-10-13(17)16(20)19-14/h9-10,12H,2-8,11,18H2,1H3. The van der Waals surface area contributed by atoms with Crippen LogP contribution in [-0.4, -0.2) is 9.38 Å². The molecule has 2 N–H and O–H groups in total. The van der Waals surface area contributed by atoms with E-state index in [0.29, 0.717) is 5.02 Å². The Labute approximate surface area is 126 Å². The van der Waals surface area contributed by atoms with Crippen LogP contribution in [-0.2, 0) is 6.42 Å². The normalized spacial score (nSPS) is 11.3. The van der Waals surface area contributed by atoms with E-state index in [0.717, 1.165) is 30.0 Å². The third-order valence-corrected chi connectivity index (χ3v) is 4.03. The zero-order chi connectivity index (χ0) is 14.4. The van der Waals surface area contributed by atoms with Gasteiger partial charge in [-0.1, -0.05) is 57.0 Å². The van der Waals surface area contributed by atoms with E-state index >= 15 is 0 Å². The van der Waals surface area contributed by atoms with Crippen LogP contribution in [0.3, 0.4) is 0 Å². The number of imidazole rings is 1. The minimum Gasteiger partial charge on any atom is -0.383 e. The van der Waals surface area contributed by atoms with Crippen LogP contribution in [0.4, 0.5) is 5.82 Å². The fourth-order valence-electron chi connectivity index (χ4n) is 2.53. The molecule has 0 aliphatic rings. The summed E-state index contributed by atoms with van der Waals surface area (Å²) < 4.78 is 1.87. The first kappa shape index (κ1) is 15.2. The summed E-state index contributed by atoms with van der Waals surface area (Å²) in [4.78, 5) is 4.57. The first-order valence-corrected chi connectivity index (χ1v) is 8.02. The number of hydrogen-bond donors (Lipinski definition) is 1. The third kappa shape index (κ3) is 3.66. The molecule has 2 aromatic heterocycles. The molecule has 0 saturated heterocycles. The first-order chi connectivity index (χ1) is 9.74. The highest BCUT2D eigenvalue weighted by Crippen LogP contribution is 2.23. The molecule has 0 saturated carbocycles. The highest BCUT2D eigenvalue weighted by molar-refractivity contribution is 6.33. The van der Waals surface area contributed by atoms with Crippen molar-refractivity contribution >= 4 is 23.1 Å². The molecule has 0 bridgehead atoms. The number of halogens is 1. The Morgan fingerprint density at radius 2 is 1.85 bits per heavy atom. The van der Waals surface area contributed by atoms with Gasteiger partial charge < -0.3 is 5.73 Å². The highest BCUT2D eigenvalue weighted by atomic mass is 35.5. The minimum absolute atomic E-state index is 0.657. The molecule has 2 aromatic rings. The molecule has 110 valence electrons. The van der Waals surface area contributed by atoms with E-state index in [-0.39, 0.29) is 0 Å². The minimum atomic E-state index is 0.657. The second kappa shape index (κ2) is 7.53. The SMILES string of the molecule is CCCCCCCCCc1nc2c(Cl)cccn2c1N. The van der Waals surface area contributed by atoms with Crippen molar-refractivity contribution in [1.82, 2.24) is 9.38 Å². The third-order valence-electron chi connectivity index (χ3n) is 3.73. The number of pyridine rings is 1. The van der Waals surface area contributed by atoms with Crippen molar-refractivity contribution in [3.63, 3.8) is 0 Å². The number of fused-ring (bicyclic) bond motifs is 1. The molecule has 0 atom stereocenters. The predicted octanol–water partition coefficient (Wildman–Crippen LogP) is 4.86. The van der Waals surface area contributed by atoms with Crippen molar-refractivity contribution in [1.29, 1.82) is 0 Å². The van der Waals surface area contributed by atoms with Crippen LogP contribution in [0.25, 0.3) is 5.65 Å². The molecule has 0 fully saturated rings. The van der Waals surface area contributed by atoms with Crippen LogP contribution in [0.15, 0.2) is 18.3 Å². The van der Waals surface area contributed by atoms with Gasteiger partial charge in [-0.25, -0.2) is 4.98 Å². The number of anilines is 1. The summed E-state index contributed by atoms with van der Waals surface area (Å²) >= 11 is 6.14. The molecule has 0 unspecified atom stereocenters. The molecule has 0 amide bonds. The summed E-state index contributed by atoms with van der Waals surface area (Å²) in [6, 6.07) is 3.74. The molecule has 0 aromatic carbocycles. The fraction of sp³-hybridized carbons (Fsp3) is 0.562. The number of rotatable bonds is 8. The fourth-order valence-corrected chi connectivity index (χ4v) is 2.74. The summed E-state index contributed by atoms with van der Waals surface area (Å²) in [6.07, 6.45) is 11.9. The van der Waals surface area contributed by atoms with E-state index < -0.39 is 0 Å². The quantitative estimate of drug-likeness (QED) is 0.706. The van der Waals surface area contributed by atoms with Gasteiger partial charge in [-0.05, 0) is 25.0 Å². The Morgan fingerprint density at radius 1 is 1.15 bits per heavy atom. The molecule has 4 heteroatoms. The average Bonchev–Trinajstić information content (AvgIpc) is 2.77. The number of nitrogens with two attached hydrogens (primary N) is 1. The summed E-state index contributed by atoms with van der Waals surface area (Å²) in [6.45, 7) is 2.25. The molecule has 2 rings (SSSR count). The Hall–Kier alpha value is -1.22. The van der Waals surface area contributed by atoms with Crippen LogP contribution in [0, 0.1) is 0 Å². The van der Waals surface area contributed by atoms with E-state index in [1.165, 1.54) is 38.5 Å². The van der Waals surface area contributed by atoms with Crippen molar-refractivity contribution in [3.8, 4) is 0 Å². The zero-order valence-electron chi connectivity index (χ0n) is 12.2. The first-order valence-electron chi connectivity index (χ1n) is 7.65. The second-order valence-electron chi connectivity index (χ2n) is 5.36. The van der Waals surface area contributed by atoms with Gasteiger partial charge >= 0.3 is 0 Å². The van der Waals surface area contributed by atoms with Crippen LogP contribution < -0.4 is 5.73 Å². The van der Waals surface area contributed by atoms with Gasteiger partial charge in [-0.3, -0.25) is 4.40 Å². The van der Waals surface area contributed by atoms with Crippen molar-refractivity contribution in [3.05, 3.63) is 29.0 Å². The highest BCUT2D eigenvalue weighted by Gasteiger charge is 2.10. The lowest BCUT2D eigenvalue weighted by atomic mass is 10.1. The number of nitrogen functional groups attached to an aromatic ring is 1. The smallest absolute Gasteiger partial charge is 0.157 e. The van der Waals surface area contributed by atoms with Gasteiger partial charge in [-0.2, -0.15) is 0 Å². The lowest BCUT2D eigenvalue weighted by molar-refractivity contribution is 0.588. The number of aryl methyl sites for hydroxylation is 1. The Bertz CT molecular complexity index is 548. The van der Waals surface area contributed by atoms with Crippen LogP contribution in [0.5, 0.6) is 0 Å². The molecule has 3 nitrogen and oxygen atoms in total. The maximum absolute atomic E-state index is 6.14. The molecule has 0 radical (unpaired) electrons. The number of aromatic nitrogens is 2. The maximum Gasteiger partial charge on any atom is 0.157 e. The molecule has 20 heavy (non-hydrogen) atoms. The van der Waals surface area contributed by atoms with Crippen LogP contribution >= 0.6 is 11.6 Å². The number of nitrogens with zero attached hydrogens (tertiary/aromatic N) is 2. The van der Waals surface area contributed by atoms with E-state index in [9.17, 15) is 0 Å². The number of hydrogen-bond acceptors (Lipinski definition) is 2. The van der Waals surface area contributed by atoms with E-state index in [4.69, 9.17) is 17.3 Å². The monoisotopic (exact) mass is 293 g/mol. The second-order valence-corrected chi connectivity index (χ2v) is 5.77. The van der Waals surface area contributed by atoms with Crippen molar-refractivity contribution in [2.75, 3.05) is 5.73 Å². The Morgan fingerprint density at radius 3 is 2.55 bits per heavy atom. The van der Waals surface area contributed by atoms with Gasteiger partial charge in [0.2, 0.25) is 0 Å². The van der Waals surface area contributed by atoms with E-state index in [1.807, 2.05) is 22.7 Å². The molecule has 0 aliphatic heterocycles. The lowest BCUT2D eigenvalue weighted by Gasteiger charge is -2.01. The molecule has 2 heterocycles. The van der Waals surface area contributed by atoms with Crippen LogP contribution in [0.2, 0.25) is 5.02 Å². The molecule has 0 spiro atoms. The average molecular weight is 294 g/mol. The van der Waals surface area contributed by atoms with Gasteiger partial charge in [0.05, 0.1) is 10.7 Å². The van der Waals surface area contributed by atoms with Crippen molar-refractivity contribution in [2.45, 2.75) is 58.3 Å². The van der Waals surface area contributed by atoms with Gasteiger partial charge in [-0.15, -0.1) is 0 Å². The van der Waals surface area contributed by atoms with Crippen molar-refractivity contribution in [2.24, 2.45) is 0 Å². The topological polar surface area (TPSA) is 43.3 Å². The molecular formula is C16H24ClN3. The van der Waals surface area contributed by atoms with Gasteiger partial charge in [0, 0.05) is 6.20 Å². The van der Waals surface area contributed by atoms with E-state index in [1.54, 1.807) is 0 Å². The predicted molar refractivity (Wildman–Crippen MR) is 86.3 cm³/mol. The summed E-state index contributed by atoms with van der Waals surface area (Å²) in [5, 5.41) is 0.657. The molecule has 0 aliphatic carbocycles. The maximum atomic E-state index is 6.14. The zero-order valence-corrected chi connectivity index (χ0v) is 13.0. The summed E-state index contributed by atoms with van der Waals surface area (Å²) in [5.74, 6) is 0.730. The van der Waals surface area contributed by atoms with Crippen molar-refractivity contribution < 1.29 is 0 Å². The van der Waals surface area contributed by atoms with Gasteiger partial charge in [0.15, 0.2) is 5.65 Å².